The SMILES string of the molecule is CCCn1cc(C(=O)N2CCCNC(=O)[C@H](CCSC)NC(=O)c3cc(ccc3C)OCCCn3cc(nn3)C2)c(C)n1. The summed E-state index contributed by atoms with van der Waals surface area (Å²) < 4.78 is 9.48. The van der Waals surface area contributed by atoms with Crippen LogP contribution in [-0.2, 0) is 24.4 Å². The first kappa shape index (κ1) is 32.1. The molecule has 2 N–H and O–H groups in total. The minimum absolute atomic E-state index is 0.141. The third kappa shape index (κ3) is 8.82. The van der Waals surface area contributed by atoms with E-state index in [-0.39, 0.29) is 24.3 Å². The molecule has 0 unspecified atom stereocenters. The first-order chi connectivity index (χ1) is 20.8. The van der Waals surface area contributed by atoms with Crippen molar-refractivity contribution in [3.05, 3.63) is 58.7 Å². The summed E-state index contributed by atoms with van der Waals surface area (Å²) in [7, 11) is 0. The van der Waals surface area contributed by atoms with E-state index >= 15 is 0 Å². The summed E-state index contributed by atoms with van der Waals surface area (Å²) in [5, 5.41) is 19.0. The standard InChI is InChI=1S/C30H42N8O4S/c1-5-12-37-20-26(22(3)34-37)30(41)36-13-6-11-31-29(40)27(10-16-43-4)32-28(39)25-17-24(9-8-21(25)2)42-15-7-14-38-19-23(18-36)33-35-38/h8-9,17,19-20,27H,5-7,10-16,18H2,1-4H3,(H,31,40)(H,32,39)/t27-/m0/s1. The Balaban J connectivity index is 1.55. The number of rotatable bonds is 6. The van der Waals surface area contributed by atoms with Crippen LogP contribution < -0.4 is 15.4 Å². The van der Waals surface area contributed by atoms with Crippen LogP contribution in [0.2, 0.25) is 0 Å². The third-order valence-electron chi connectivity index (χ3n) is 7.25. The minimum atomic E-state index is -0.686. The highest BCUT2D eigenvalue weighted by Crippen LogP contribution is 2.19. The Morgan fingerprint density at radius 1 is 1.16 bits per heavy atom. The van der Waals surface area contributed by atoms with Gasteiger partial charge in [0.25, 0.3) is 11.8 Å². The van der Waals surface area contributed by atoms with Crippen LogP contribution in [0.3, 0.4) is 0 Å². The van der Waals surface area contributed by atoms with Gasteiger partial charge in [-0.15, -0.1) is 5.10 Å². The Hall–Kier alpha value is -3.87. The van der Waals surface area contributed by atoms with E-state index in [4.69, 9.17) is 4.74 Å². The quantitative estimate of drug-likeness (QED) is 0.435. The molecule has 3 heterocycles. The summed E-state index contributed by atoms with van der Waals surface area (Å²) in [6.45, 7) is 8.53. The topological polar surface area (TPSA) is 136 Å². The molecular formula is C30H42N8O4S. The molecule has 4 bridgehead atoms. The van der Waals surface area contributed by atoms with Crippen molar-refractivity contribution in [2.24, 2.45) is 0 Å². The van der Waals surface area contributed by atoms with Gasteiger partial charge in [0.1, 0.15) is 17.5 Å². The molecule has 43 heavy (non-hydrogen) atoms. The second kappa shape index (κ2) is 15.6. The second-order valence-corrected chi connectivity index (χ2v) is 11.7. The molecule has 0 fully saturated rings. The molecule has 3 aromatic rings. The molecule has 0 radical (unpaired) electrons. The van der Waals surface area contributed by atoms with E-state index in [0.717, 1.165) is 18.5 Å². The molecule has 1 aliphatic rings. The summed E-state index contributed by atoms with van der Waals surface area (Å²) >= 11 is 1.62. The van der Waals surface area contributed by atoms with Gasteiger partial charge in [0.05, 0.1) is 30.6 Å². The van der Waals surface area contributed by atoms with Gasteiger partial charge in [-0.3, -0.25) is 23.7 Å². The smallest absolute Gasteiger partial charge is 0.257 e. The van der Waals surface area contributed by atoms with Crippen LogP contribution in [0, 0.1) is 13.8 Å². The number of thioether (sulfide) groups is 1. The largest absolute Gasteiger partial charge is 0.494 e. The molecule has 0 aliphatic carbocycles. The van der Waals surface area contributed by atoms with E-state index in [2.05, 4.69) is 33.0 Å². The number of carbonyl (C=O) groups excluding carboxylic acids is 3. The number of carbonyl (C=O) groups is 3. The van der Waals surface area contributed by atoms with Crippen molar-refractivity contribution in [2.45, 2.75) is 72.1 Å². The van der Waals surface area contributed by atoms with Crippen LogP contribution in [0.4, 0.5) is 0 Å². The zero-order valence-corrected chi connectivity index (χ0v) is 26.3. The lowest BCUT2D eigenvalue weighted by molar-refractivity contribution is -0.123. The molecule has 3 amide bonds. The van der Waals surface area contributed by atoms with Gasteiger partial charge >= 0.3 is 0 Å². The summed E-state index contributed by atoms with van der Waals surface area (Å²) in [4.78, 5) is 41.9. The molecule has 4 rings (SSSR count). The molecule has 1 aromatic carbocycles. The number of ether oxygens (including phenoxy) is 1. The molecule has 0 saturated heterocycles. The first-order valence-electron chi connectivity index (χ1n) is 14.8. The Kier molecular flexibility index (Phi) is 11.6. The fourth-order valence-electron chi connectivity index (χ4n) is 4.91. The molecule has 2 aromatic heterocycles. The molecule has 0 saturated carbocycles. The van der Waals surface area contributed by atoms with Gasteiger partial charge in [0.15, 0.2) is 0 Å². The predicted octanol–water partition coefficient (Wildman–Crippen LogP) is 2.98. The Bertz CT molecular complexity index is 1400. The number of aromatic nitrogens is 5. The van der Waals surface area contributed by atoms with Gasteiger partial charge in [-0.1, -0.05) is 18.2 Å². The highest BCUT2D eigenvalue weighted by molar-refractivity contribution is 7.98. The molecule has 13 heteroatoms. The summed E-state index contributed by atoms with van der Waals surface area (Å²) in [5.41, 5.74) is 3.17. The Morgan fingerprint density at radius 3 is 2.79 bits per heavy atom. The maximum Gasteiger partial charge on any atom is 0.257 e. The van der Waals surface area contributed by atoms with E-state index in [1.165, 1.54) is 0 Å². The Morgan fingerprint density at radius 2 is 2.00 bits per heavy atom. The van der Waals surface area contributed by atoms with Gasteiger partial charge in [-0.2, -0.15) is 16.9 Å². The lowest BCUT2D eigenvalue weighted by atomic mass is 10.1. The monoisotopic (exact) mass is 610 g/mol. The van der Waals surface area contributed by atoms with Gasteiger partial charge in [0.2, 0.25) is 5.91 Å². The van der Waals surface area contributed by atoms with E-state index in [1.54, 1.807) is 38.3 Å². The van der Waals surface area contributed by atoms with E-state index in [0.29, 0.717) is 79.5 Å². The normalized spacial score (nSPS) is 17.1. The number of aryl methyl sites for hydroxylation is 4. The number of benzene rings is 1. The summed E-state index contributed by atoms with van der Waals surface area (Å²) in [5.74, 6) is 0.595. The fourth-order valence-corrected chi connectivity index (χ4v) is 5.38. The van der Waals surface area contributed by atoms with Gasteiger partial charge in [0, 0.05) is 44.4 Å². The minimum Gasteiger partial charge on any atom is -0.494 e. The average molecular weight is 611 g/mol. The number of nitrogens with zero attached hydrogens (tertiary/aromatic N) is 6. The van der Waals surface area contributed by atoms with Crippen molar-refractivity contribution in [1.29, 1.82) is 0 Å². The molecular weight excluding hydrogens is 568 g/mol. The van der Waals surface area contributed by atoms with Crippen molar-refractivity contribution in [1.82, 2.24) is 40.3 Å². The third-order valence-corrected chi connectivity index (χ3v) is 7.89. The predicted molar refractivity (Wildman–Crippen MR) is 165 cm³/mol. The van der Waals surface area contributed by atoms with Crippen molar-refractivity contribution in [3.63, 3.8) is 0 Å². The maximum absolute atomic E-state index is 13.7. The number of fused-ring (bicyclic) bond motifs is 4. The molecule has 1 aliphatic heterocycles. The van der Waals surface area contributed by atoms with Crippen molar-refractivity contribution < 1.29 is 19.1 Å². The molecule has 12 nitrogen and oxygen atoms in total. The zero-order chi connectivity index (χ0) is 30.8. The van der Waals surface area contributed by atoms with Crippen molar-refractivity contribution in [3.8, 4) is 5.75 Å². The highest BCUT2D eigenvalue weighted by Gasteiger charge is 2.24. The van der Waals surface area contributed by atoms with E-state index in [1.807, 2.05) is 38.4 Å². The summed E-state index contributed by atoms with van der Waals surface area (Å²) in [6.07, 6.45) is 8.22. The van der Waals surface area contributed by atoms with Crippen LogP contribution >= 0.6 is 11.8 Å². The zero-order valence-electron chi connectivity index (χ0n) is 25.5. The molecule has 0 spiro atoms. The molecule has 1 atom stereocenters. The number of amides is 3. The van der Waals surface area contributed by atoms with Crippen LogP contribution in [-0.4, -0.2) is 85.1 Å². The maximum atomic E-state index is 13.7. The fraction of sp³-hybridized carbons (Fsp3) is 0.533. The lowest BCUT2D eigenvalue weighted by Crippen LogP contribution is -2.47. The average Bonchev–Trinajstić information content (AvgIpc) is 3.60. The summed E-state index contributed by atoms with van der Waals surface area (Å²) in [6, 6.07) is 4.72. The van der Waals surface area contributed by atoms with Gasteiger partial charge in [-0.25, -0.2) is 0 Å². The lowest BCUT2D eigenvalue weighted by Gasteiger charge is -2.22. The van der Waals surface area contributed by atoms with Crippen molar-refractivity contribution in [2.75, 3.05) is 31.7 Å². The van der Waals surface area contributed by atoms with Crippen LogP contribution in [0.15, 0.2) is 30.6 Å². The molecule has 232 valence electrons. The number of nitrogens with one attached hydrogen (secondary N) is 2. The Labute approximate surface area is 256 Å². The van der Waals surface area contributed by atoms with Crippen LogP contribution in [0.25, 0.3) is 0 Å². The van der Waals surface area contributed by atoms with E-state index in [9.17, 15) is 14.4 Å². The first-order valence-corrected chi connectivity index (χ1v) is 16.2. The number of hydrogen-bond acceptors (Lipinski definition) is 8. The second-order valence-electron chi connectivity index (χ2n) is 10.7. The highest BCUT2D eigenvalue weighted by atomic mass is 32.2. The van der Waals surface area contributed by atoms with Gasteiger partial charge in [-0.05, 0) is 62.8 Å². The number of hydrogen-bond donors (Lipinski definition) is 2. The van der Waals surface area contributed by atoms with Crippen LogP contribution in [0.5, 0.6) is 5.75 Å². The van der Waals surface area contributed by atoms with Gasteiger partial charge < -0.3 is 20.3 Å². The van der Waals surface area contributed by atoms with Crippen molar-refractivity contribution >= 4 is 29.5 Å². The van der Waals surface area contributed by atoms with E-state index < -0.39 is 6.04 Å². The van der Waals surface area contributed by atoms with Crippen LogP contribution in [0.1, 0.15) is 70.3 Å².